The van der Waals surface area contributed by atoms with E-state index < -0.39 is 17.9 Å². The second-order valence-electron chi connectivity index (χ2n) is 5.84. The number of ether oxygens (including phenoxy) is 1. The molecule has 0 aliphatic rings. The maximum atomic E-state index is 12.2. The molecule has 0 radical (unpaired) electrons. The molecule has 1 atom stereocenters. The Bertz CT molecular complexity index is 753. The lowest BCUT2D eigenvalue weighted by atomic mass is 10.2. The highest BCUT2D eigenvalue weighted by Gasteiger charge is 2.22. The van der Waals surface area contributed by atoms with Crippen molar-refractivity contribution in [2.75, 3.05) is 0 Å². The third-order valence-electron chi connectivity index (χ3n) is 3.48. The largest absolute Gasteiger partial charge is 0.491 e. The average molecular weight is 346 g/mol. The second kappa shape index (κ2) is 7.78. The van der Waals surface area contributed by atoms with Gasteiger partial charge in [-0.25, -0.2) is 4.68 Å². The highest BCUT2D eigenvalue weighted by atomic mass is 16.5. The predicted octanol–water partition coefficient (Wildman–Crippen LogP) is 1.82. The van der Waals surface area contributed by atoms with Crippen LogP contribution in [0.25, 0.3) is 5.69 Å². The van der Waals surface area contributed by atoms with Crippen LogP contribution >= 0.6 is 0 Å². The monoisotopic (exact) mass is 346 g/mol. The van der Waals surface area contributed by atoms with Crippen LogP contribution in [-0.2, 0) is 11.2 Å². The van der Waals surface area contributed by atoms with Crippen molar-refractivity contribution in [2.24, 2.45) is 0 Å². The number of carboxylic acids is 1. The van der Waals surface area contributed by atoms with Crippen molar-refractivity contribution < 1.29 is 19.4 Å². The lowest BCUT2D eigenvalue weighted by Crippen LogP contribution is -2.38. The first kappa shape index (κ1) is 18.4. The van der Waals surface area contributed by atoms with Crippen molar-refractivity contribution in [3.63, 3.8) is 0 Å². The highest BCUT2D eigenvalue weighted by Crippen LogP contribution is 2.19. The van der Waals surface area contributed by atoms with E-state index in [1.54, 1.807) is 4.68 Å². The van der Waals surface area contributed by atoms with Crippen molar-refractivity contribution in [1.82, 2.24) is 20.3 Å². The standard InChI is InChI=1S/C17H22N4O4/c1-5-14-15(16(22)18-11(4)17(23)24)19-20-21(14)12-6-8-13(9-7-12)25-10(2)3/h6-11H,5H2,1-4H3,(H,18,22)(H,23,24)/t11-/m1/s1. The molecular formula is C17H22N4O4. The number of amides is 1. The quantitative estimate of drug-likeness (QED) is 0.792. The molecule has 8 heteroatoms. The Labute approximate surface area is 145 Å². The van der Waals surface area contributed by atoms with E-state index in [1.807, 2.05) is 45.0 Å². The summed E-state index contributed by atoms with van der Waals surface area (Å²) >= 11 is 0. The number of hydrogen-bond donors (Lipinski definition) is 2. The summed E-state index contributed by atoms with van der Waals surface area (Å²) in [6, 6.07) is 6.29. The van der Waals surface area contributed by atoms with Crippen LogP contribution in [-0.4, -0.2) is 44.1 Å². The summed E-state index contributed by atoms with van der Waals surface area (Å²) in [5, 5.41) is 19.3. The van der Waals surface area contributed by atoms with Gasteiger partial charge in [0.15, 0.2) is 5.69 Å². The SMILES string of the molecule is CCc1c(C(=O)N[C@H](C)C(=O)O)nnn1-c1ccc(OC(C)C)cc1. The molecule has 0 aliphatic heterocycles. The van der Waals surface area contributed by atoms with Gasteiger partial charge in [0.2, 0.25) is 0 Å². The fourth-order valence-corrected chi connectivity index (χ4v) is 2.27. The number of carbonyl (C=O) groups is 2. The summed E-state index contributed by atoms with van der Waals surface area (Å²) in [5.74, 6) is -0.928. The maximum Gasteiger partial charge on any atom is 0.325 e. The van der Waals surface area contributed by atoms with Crippen LogP contribution in [0.1, 0.15) is 43.9 Å². The molecule has 0 saturated carbocycles. The summed E-state index contributed by atoms with van der Waals surface area (Å²) in [4.78, 5) is 23.1. The van der Waals surface area contributed by atoms with Gasteiger partial charge in [-0.2, -0.15) is 0 Å². The lowest BCUT2D eigenvalue weighted by molar-refractivity contribution is -0.138. The summed E-state index contributed by atoms with van der Waals surface area (Å²) in [7, 11) is 0. The van der Waals surface area contributed by atoms with Crippen molar-refractivity contribution in [2.45, 2.75) is 46.3 Å². The van der Waals surface area contributed by atoms with E-state index in [0.717, 1.165) is 11.4 Å². The van der Waals surface area contributed by atoms with Gasteiger partial charge in [0.05, 0.1) is 17.5 Å². The molecule has 0 fully saturated rings. The Morgan fingerprint density at radius 3 is 2.40 bits per heavy atom. The molecule has 1 heterocycles. The molecule has 2 aromatic rings. The highest BCUT2D eigenvalue weighted by molar-refractivity contribution is 5.95. The van der Waals surface area contributed by atoms with Crippen LogP contribution in [0.3, 0.4) is 0 Å². The predicted molar refractivity (Wildman–Crippen MR) is 91.1 cm³/mol. The van der Waals surface area contributed by atoms with Crippen molar-refractivity contribution in [3.8, 4) is 11.4 Å². The first-order chi connectivity index (χ1) is 11.8. The smallest absolute Gasteiger partial charge is 0.325 e. The zero-order valence-corrected chi connectivity index (χ0v) is 14.7. The zero-order valence-electron chi connectivity index (χ0n) is 14.7. The van der Waals surface area contributed by atoms with Crippen LogP contribution in [0.15, 0.2) is 24.3 Å². The Kier molecular flexibility index (Phi) is 5.74. The molecule has 0 saturated heterocycles. The van der Waals surface area contributed by atoms with Crippen molar-refractivity contribution >= 4 is 11.9 Å². The van der Waals surface area contributed by atoms with E-state index in [9.17, 15) is 9.59 Å². The first-order valence-electron chi connectivity index (χ1n) is 8.08. The van der Waals surface area contributed by atoms with Gasteiger partial charge >= 0.3 is 5.97 Å². The van der Waals surface area contributed by atoms with E-state index in [2.05, 4.69) is 15.6 Å². The van der Waals surface area contributed by atoms with E-state index in [4.69, 9.17) is 9.84 Å². The lowest BCUT2D eigenvalue weighted by Gasteiger charge is -2.11. The summed E-state index contributed by atoms with van der Waals surface area (Å²) in [6.07, 6.45) is 0.594. The fraction of sp³-hybridized carbons (Fsp3) is 0.412. The maximum absolute atomic E-state index is 12.2. The van der Waals surface area contributed by atoms with Crippen molar-refractivity contribution in [1.29, 1.82) is 0 Å². The molecular weight excluding hydrogens is 324 g/mol. The van der Waals surface area contributed by atoms with Gasteiger partial charge in [0, 0.05) is 0 Å². The minimum absolute atomic E-state index is 0.0787. The molecule has 1 amide bonds. The van der Waals surface area contributed by atoms with Gasteiger partial charge in [0.1, 0.15) is 11.8 Å². The molecule has 25 heavy (non-hydrogen) atoms. The molecule has 134 valence electrons. The summed E-state index contributed by atoms with van der Waals surface area (Å²) < 4.78 is 7.18. The van der Waals surface area contributed by atoms with Gasteiger partial charge in [-0.1, -0.05) is 12.1 Å². The summed E-state index contributed by atoms with van der Waals surface area (Å²) in [6.45, 7) is 7.17. The molecule has 0 bridgehead atoms. The van der Waals surface area contributed by atoms with Gasteiger partial charge in [-0.05, 0) is 51.5 Å². The Morgan fingerprint density at radius 1 is 1.24 bits per heavy atom. The van der Waals surface area contributed by atoms with Crippen LogP contribution in [0, 0.1) is 0 Å². The van der Waals surface area contributed by atoms with Crippen LogP contribution in [0.5, 0.6) is 5.75 Å². The number of rotatable bonds is 7. The molecule has 1 aromatic heterocycles. The Hall–Kier alpha value is -2.90. The third-order valence-corrected chi connectivity index (χ3v) is 3.48. The first-order valence-corrected chi connectivity index (χ1v) is 8.08. The number of nitrogens with zero attached hydrogens (tertiary/aromatic N) is 3. The van der Waals surface area contributed by atoms with Gasteiger partial charge in [-0.15, -0.1) is 5.10 Å². The Morgan fingerprint density at radius 2 is 1.88 bits per heavy atom. The Balaban J connectivity index is 2.27. The van der Waals surface area contributed by atoms with Gasteiger partial charge in [-0.3, -0.25) is 9.59 Å². The van der Waals surface area contributed by atoms with Gasteiger partial charge in [0.25, 0.3) is 5.91 Å². The van der Waals surface area contributed by atoms with E-state index >= 15 is 0 Å². The molecule has 2 N–H and O–H groups in total. The van der Waals surface area contributed by atoms with E-state index in [1.165, 1.54) is 6.92 Å². The summed E-state index contributed by atoms with van der Waals surface area (Å²) in [5.41, 5.74) is 1.47. The number of hydrogen-bond acceptors (Lipinski definition) is 5. The molecule has 0 spiro atoms. The average Bonchev–Trinajstić information content (AvgIpc) is 2.98. The number of carbonyl (C=O) groups excluding carboxylic acids is 1. The zero-order chi connectivity index (χ0) is 18.6. The molecule has 0 unspecified atom stereocenters. The molecule has 1 aromatic carbocycles. The number of benzene rings is 1. The molecule has 0 aliphatic carbocycles. The molecule has 8 nitrogen and oxygen atoms in total. The van der Waals surface area contributed by atoms with Crippen LogP contribution < -0.4 is 10.1 Å². The van der Waals surface area contributed by atoms with Crippen LogP contribution in [0.4, 0.5) is 0 Å². The number of aromatic nitrogens is 3. The minimum Gasteiger partial charge on any atom is -0.491 e. The van der Waals surface area contributed by atoms with Crippen molar-refractivity contribution in [3.05, 3.63) is 35.7 Å². The fourth-order valence-electron chi connectivity index (χ4n) is 2.27. The topological polar surface area (TPSA) is 106 Å². The van der Waals surface area contributed by atoms with E-state index in [-0.39, 0.29) is 11.8 Å². The number of aliphatic carboxylic acids is 1. The third kappa shape index (κ3) is 4.34. The number of carboxylic acid groups (broad SMARTS) is 1. The van der Waals surface area contributed by atoms with Crippen LogP contribution in [0.2, 0.25) is 0 Å². The minimum atomic E-state index is -1.11. The normalized spacial score (nSPS) is 12.0. The number of nitrogens with one attached hydrogen (secondary N) is 1. The van der Waals surface area contributed by atoms with Gasteiger partial charge < -0.3 is 15.2 Å². The second-order valence-corrected chi connectivity index (χ2v) is 5.84. The van der Waals surface area contributed by atoms with E-state index in [0.29, 0.717) is 12.1 Å². The molecule has 2 rings (SSSR count).